The largest absolute Gasteiger partial charge is 0.351 e. The van der Waals surface area contributed by atoms with E-state index in [2.05, 4.69) is 46.3 Å². The molecule has 4 nitrogen and oxygen atoms in total. The van der Waals surface area contributed by atoms with Crippen molar-refractivity contribution in [2.45, 2.75) is 20.0 Å². The number of nitrogens with one attached hydrogen (secondary N) is 1. The van der Waals surface area contributed by atoms with Crippen LogP contribution in [-0.4, -0.2) is 48.4 Å². The van der Waals surface area contributed by atoms with E-state index in [9.17, 15) is 4.79 Å². The summed E-state index contributed by atoms with van der Waals surface area (Å²) in [6.45, 7) is 8.02. The van der Waals surface area contributed by atoms with Gasteiger partial charge in [-0.1, -0.05) is 48.0 Å². The van der Waals surface area contributed by atoms with Gasteiger partial charge in [-0.2, -0.15) is 0 Å². The summed E-state index contributed by atoms with van der Waals surface area (Å²) in [4.78, 5) is 16.9. The van der Waals surface area contributed by atoms with E-state index in [1.165, 1.54) is 11.1 Å². The van der Waals surface area contributed by atoms with Crippen LogP contribution in [0.5, 0.6) is 0 Å². The van der Waals surface area contributed by atoms with Crippen molar-refractivity contribution in [3.63, 3.8) is 0 Å². The number of rotatable bonds is 6. The number of piperazine rings is 1. The second-order valence-corrected chi connectivity index (χ2v) is 7.32. The highest BCUT2D eigenvalue weighted by molar-refractivity contribution is 6.30. The molecule has 1 aliphatic heterocycles. The molecule has 0 saturated carbocycles. The van der Waals surface area contributed by atoms with Crippen LogP contribution in [0.3, 0.4) is 0 Å². The third-order valence-corrected chi connectivity index (χ3v) is 5.14. The minimum absolute atomic E-state index is 0.0762. The molecule has 1 fully saturated rings. The van der Waals surface area contributed by atoms with Gasteiger partial charge < -0.3 is 5.32 Å². The molecule has 1 heterocycles. The molecule has 2 aromatic rings. The first-order chi connectivity index (χ1) is 12.6. The average Bonchev–Trinajstić information content (AvgIpc) is 2.65. The van der Waals surface area contributed by atoms with Gasteiger partial charge in [0.25, 0.3) is 0 Å². The van der Waals surface area contributed by atoms with Gasteiger partial charge in [0.2, 0.25) is 5.91 Å². The SMILES string of the molecule is Cc1ccccc1CN1CCN(CC(=O)NCc2ccc(Cl)cc2)CC1. The Balaban J connectivity index is 1.38. The zero-order chi connectivity index (χ0) is 18.4. The summed E-state index contributed by atoms with van der Waals surface area (Å²) in [5.41, 5.74) is 3.80. The first-order valence-corrected chi connectivity index (χ1v) is 9.48. The summed E-state index contributed by atoms with van der Waals surface area (Å²) in [7, 11) is 0. The average molecular weight is 372 g/mol. The minimum atomic E-state index is 0.0762. The van der Waals surface area contributed by atoms with Gasteiger partial charge in [-0.15, -0.1) is 0 Å². The molecule has 5 heteroatoms. The van der Waals surface area contributed by atoms with Crippen LogP contribution in [0.1, 0.15) is 16.7 Å². The molecule has 0 aromatic heterocycles. The maximum Gasteiger partial charge on any atom is 0.234 e. The topological polar surface area (TPSA) is 35.6 Å². The van der Waals surface area contributed by atoms with Gasteiger partial charge in [0, 0.05) is 44.3 Å². The van der Waals surface area contributed by atoms with Crippen LogP contribution in [0.25, 0.3) is 0 Å². The molecule has 0 atom stereocenters. The van der Waals surface area contributed by atoms with Crippen LogP contribution >= 0.6 is 11.6 Å². The first-order valence-electron chi connectivity index (χ1n) is 9.10. The van der Waals surface area contributed by atoms with Crippen molar-refractivity contribution in [2.75, 3.05) is 32.7 Å². The maximum atomic E-state index is 12.2. The van der Waals surface area contributed by atoms with Crippen LogP contribution in [0.4, 0.5) is 0 Å². The van der Waals surface area contributed by atoms with Gasteiger partial charge in [0.1, 0.15) is 0 Å². The van der Waals surface area contributed by atoms with E-state index >= 15 is 0 Å². The molecule has 1 saturated heterocycles. The Morgan fingerprint density at radius 1 is 1.00 bits per heavy atom. The van der Waals surface area contributed by atoms with Gasteiger partial charge in [0.15, 0.2) is 0 Å². The Labute approximate surface area is 160 Å². The molecule has 0 unspecified atom stereocenters. The number of hydrogen-bond donors (Lipinski definition) is 1. The standard InChI is InChI=1S/C21H26ClN3O/c1-17-4-2-3-5-19(17)15-24-10-12-25(13-11-24)16-21(26)23-14-18-6-8-20(22)9-7-18/h2-9H,10-16H2,1H3,(H,23,26). The summed E-state index contributed by atoms with van der Waals surface area (Å²) in [6.07, 6.45) is 0. The highest BCUT2D eigenvalue weighted by atomic mass is 35.5. The van der Waals surface area contributed by atoms with E-state index in [0.717, 1.165) is 38.3 Å². The number of halogens is 1. The molecule has 0 spiro atoms. The first kappa shape index (κ1) is 18.9. The van der Waals surface area contributed by atoms with Crippen LogP contribution < -0.4 is 5.32 Å². The van der Waals surface area contributed by atoms with Gasteiger partial charge >= 0.3 is 0 Å². The predicted molar refractivity (Wildman–Crippen MR) is 106 cm³/mol. The third kappa shape index (κ3) is 5.56. The Morgan fingerprint density at radius 3 is 2.35 bits per heavy atom. The Bertz CT molecular complexity index is 724. The lowest BCUT2D eigenvalue weighted by molar-refractivity contribution is -0.122. The van der Waals surface area contributed by atoms with Crippen LogP contribution in [0, 0.1) is 6.92 Å². The number of nitrogens with zero attached hydrogens (tertiary/aromatic N) is 2. The van der Waals surface area contributed by atoms with Crippen molar-refractivity contribution in [3.05, 3.63) is 70.2 Å². The van der Waals surface area contributed by atoms with E-state index in [1.807, 2.05) is 24.3 Å². The molecule has 1 N–H and O–H groups in total. The molecule has 0 radical (unpaired) electrons. The molecule has 1 amide bonds. The van der Waals surface area contributed by atoms with E-state index in [4.69, 9.17) is 11.6 Å². The second-order valence-electron chi connectivity index (χ2n) is 6.88. The molecule has 0 bridgehead atoms. The van der Waals surface area contributed by atoms with E-state index in [0.29, 0.717) is 18.1 Å². The quantitative estimate of drug-likeness (QED) is 0.847. The van der Waals surface area contributed by atoms with Crippen LogP contribution in [-0.2, 0) is 17.9 Å². The summed E-state index contributed by atoms with van der Waals surface area (Å²) in [5, 5.41) is 3.70. The lowest BCUT2D eigenvalue weighted by Gasteiger charge is -2.34. The summed E-state index contributed by atoms with van der Waals surface area (Å²) >= 11 is 5.88. The van der Waals surface area contributed by atoms with Crippen molar-refractivity contribution in [1.82, 2.24) is 15.1 Å². The van der Waals surface area contributed by atoms with Crippen molar-refractivity contribution >= 4 is 17.5 Å². The number of hydrogen-bond acceptors (Lipinski definition) is 3. The van der Waals surface area contributed by atoms with Crippen molar-refractivity contribution in [3.8, 4) is 0 Å². The molecule has 26 heavy (non-hydrogen) atoms. The maximum absolute atomic E-state index is 12.2. The highest BCUT2D eigenvalue weighted by Gasteiger charge is 2.19. The van der Waals surface area contributed by atoms with E-state index < -0.39 is 0 Å². The number of amides is 1. The smallest absolute Gasteiger partial charge is 0.234 e. The fourth-order valence-electron chi connectivity index (χ4n) is 3.20. The molecular formula is C21H26ClN3O. The van der Waals surface area contributed by atoms with Gasteiger partial charge in [0.05, 0.1) is 6.54 Å². The Morgan fingerprint density at radius 2 is 1.65 bits per heavy atom. The number of carbonyl (C=O) groups excluding carboxylic acids is 1. The monoisotopic (exact) mass is 371 g/mol. The van der Waals surface area contributed by atoms with Crippen molar-refractivity contribution < 1.29 is 4.79 Å². The molecule has 138 valence electrons. The fourth-order valence-corrected chi connectivity index (χ4v) is 3.32. The lowest BCUT2D eigenvalue weighted by Crippen LogP contribution is -2.49. The Hall–Kier alpha value is -1.88. The summed E-state index contributed by atoms with van der Waals surface area (Å²) in [5.74, 6) is 0.0762. The normalized spacial score (nSPS) is 15.8. The predicted octanol–water partition coefficient (Wildman–Crippen LogP) is 3.08. The minimum Gasteiger partial charge on any atom is -0.351 e. The number of carbonyl (C=O) groups is 1. The van der Waals surface area contributed by atoms with E-state index in [1.54, 1.807) is 0 Å². The van der Waals surface area contributed by atoms with Crippen LogP contribution in [0.2, 0.25) is 5.02 Å². The third-order valence-electron chi connectivity index (χ3n) is 4.89. The number of benzene rings is 2. The summed E-state index contributed by atoms with van der Waals surface area (Å²) < 4.78 is 0. The second kappa shape index (κ2) is 9.17. The molecule has 0 aliphatic carbocycles. The molecule has 3 rings (SSSR count). The lowest BCUT2D eigenvalue weighted by atomic mass is 10.1. The molecule has 2 aromatic carbocycles. The zero-order valence-electron chi connectivity index (χ0n) is 15.2. The fraction of sp³-hybridized carbons (Fsp3) is 0.381. The molecular weight excluding hydrogens is 346 g/mol. The Kier molecular flexibility index (Phi) is 6.67. The zero-order valence-corrected chi connectivity index (χ0v) is 16.0. The summed E-state index contributed by atoms with van der Waals surface area (Å²) in [6, 6.07) is 16.1. The van der Waals surface area contributed by atoms with E-state index in [-0.39, 0.29) is 5.91 Å². The molecule has 1 aliphatic rings. The van der Waals surface area contributed by atoms with Crippen molar-refractivity contribution in [1.29, 1.82) is 0 Å². The van der Waals surface area contributed by atoms with Crippen LogP contribution in [0.15, 0.2) is 48.5 Å². The van der Waals surface area contributed by atoms with Gasteiger partial charge in [-0.3, -0.25) is 14.6 Å². The highest BCUT2D eigenvalue weighted by Crippen LogP contribution is 2.12. The number of aryl methyl sites for hydroxylation is 1. The van der Waals surface area contributed by atoms with Gasteiger partial charge in [-0.25, -0.2) is 0 Å². The van der Waals surface area contributed by atoms with Gasteiger partial charge in [-0.05, 0) is 35.7 Å². The van der Waals surface area contributed by atoms with Crippen molar-refractivity contribution in [2.24, 2.45) is 0 Å².